The lowest BCUT2D eigenvalue weighted by Crippen LogP contribution is -2.78. The minimum Gasteiger partial charge on any atom is -0.376 e. The summed E-state index contributed by atoms with van der Waals surface area (Å²) >= 11 is 0. The molecule has 0 bridgehead atoms. The Balaban J connectivity index is 1.49. The van der Waals surface area contributed by atoms with Crippen molar-refractivity contribution >= 4 is 11.8 Å². The number of likely N-dealkylation sites (tertiary alicyclic amines) is 1. The van der Waals surface area contributed by atoms with Gasteiger partial charge in [0.15, 0.2) is 0 Å². The maximum absolute atomic E-state index is 12.8. The van der Waals surface area contributed by atoms with Gasteiger partial charge < -0.3 is 15.0 Å². The molecule has 5 heteroatoms. The topological polar surface area (TPSA) is 58.6 Å². The lowest BCUT2D eigenvalue weighted by Gasteiger charge is -2.54. The fourth-order valence-electron chi connectivity index (χ4n) is 4.71. The van der Waals surface area contributed by atoms with E-state index in [2.05, 4.69) is 5.32 Å². The Bertz CT molecular complexity index is 714. The second-order valence-corrected chi connectivity index (χ2v) is 8.28. The van der Waals surface area contributed by atoms with E-state index in [0.29, 0.717) is 18.7 Å². The molecule has 0 radical (unpaired) electrons. The molecule has 3 aliphatic rings. The fourth-order valence-corrected chi connectivity index (χ4v) is 4.71. The molecule has 5 nitrogen and oxygen atoms in total. The molecule has 140 valence electrons. The molecule has 0 atom stereocenters. The number of benzene rings is 1. The molecule has 4 rings (SSSR count). The predicted molar refractivity (Wildman–Crippen MR) is 98.9 cm³/mol. The van der Waals surface area contributed by atoms with Crippen LogP contribution in [0.1, 0.15) is 54.4 Å². The predicted octanol–water partition coefficient (Wildman–Crippen LogP) is 2.68. The van der Waals surface area contributed by atoms with Crippen molar-refractivity contribution in [1.29, 1.82) is 0 Å². The average Bonchev–Trinajstić information content (AvgIpc) is 3.21. The van der Waals surface area contributed by atoms with E-state index in [1.807, 2.05) is 36.1 Å². The Morgan fingerprint density at radius 2 is 1.88 bits per heavy atom. The van der Waals surface area contributed by atoms with Gasteiger partial charge in [-0.05, 0) is 44.7 Å². The number of rotatable bonds is 5. The third-order valence-electron chi connectivity index (χ3n) is 6.53. The molecule has 26 heavy (non-hydrogen) atoms. The molecule has 1 N–H and O–H groups in total. The Morgan fingerprint density at radius 1 is 1.19 bits per heavy atom. The largest absolute Gasteiger partial charge is 0.376 e. The first-order valence-corrected chi connectivity index (χ1v) is 9.72. The number of ether oxygens (including phenoxy) is 1. The number of nitrogens with one attached hydrogen (secondary N) is 1. The number of aryl methyl sites for hydroxylation is 1. The van der Waals surface area contributed by atoms with Crippen molar-refractivity contribution in [3.63, 3.8) is 0 Å². The zero-order chi connectivity index (χ0) is 18.4. The first-order chi connectivity index (χ1) is 12.5. The minimum absolute atomic E-state index is 0.0337. The van der Waals surface area contributed by atoms with E-state index in [1.165, 1.54) is 0 Å². The highest BCUT2D eigenvalue weighted by molar-refractivity contribution is 5.95. The monoisotopic (exact) mass is 356 g/mol. The van der Waals surface area contributed by atoms with Crippen LogP contribution in [-0.2, 0) is 9.53 Å². The summed E-state index contributed by atoms with van der Waals surface area (Å²) in [6, 6.07) is 7.68. The van der Waals surface area contributed by atoms with Crippen molar-refractivity contribution in [2.75, 3.05) is 20.2 Å². The number of carbonyl (C=O) groups excluding carboxylic acids is 2. The molecule has 1 aromatic carbocycles. The lowest BCUT2D eigenvalue weighted by atomic mass is 9.80. The summed E-state index contributed by atoms with van der Waals surface area (Å²) < 4.78 is 5.82. The number of hydrogen-bond donors (Lipinski definition) is 1. The SMILES string of the molecule is COC1(C2(NC(=O)C3CCCC3)CN(C(=O)c3cccc(C)c3)C2)CC1. The van der Waals surface area contributed by atoms with Crippen LogP contribution < -0.4 is 5.32 Å². The minimum atomic E-state index is -0.430. The maximum atomic E-state index is 12.8. The molecule has 1 aromatic rings. The van der Waals surface area contributed by atoms with Crippen LogP contribution in [0, 0.1) is 12.8 Å². The molecular weight excluding hydrogens is 328 g/mol. The van der Waals surface area contributed by atoms with Gasteiger partial charge in [0, 0.05) is 31.7 Å². The quantitative estimate of drug-likeness (QED) is 0.882. The van der Waals surface area contributed by atoms with Gasteiger partial charge in [-0.25, -0.2) is 0 Å². The summed E-state index contributed by atoms with van der Waals surface area (Å²) in [6.45, 7) is 3.06. The molecular formula is C21H28N2O3. The summed E-state index contributed by atoms with van der Waals surface area (Å²) in [6.07, 6.45) is 6.13. The van der Waals surface area contributed by atoms with Crippen molar-refractivity contribution in [1.82, 2.24) is 10.2 Å². The van der Waals surface area contributed by atoms with Crippen LogP contribution in [0.15, 0.2) is 24.3 Å². The van der Waals surface area contributed by atoms with Crippen molar-refractivity contribution in [3.8, 4) is 0 Å². The number of hydrogen-bond acceptors (Lipinski definition) is 3. The molecule has 2 aliphatic carbocycles. The van der Waals surface area contributed by atoms with Gasteiger partial charge in [0.05, 0.1) is 5.60 Å². The smallest absolute Gasteiger partial charge is 0.254 e. The van der Waals surface area contributed by atoms with E-state index in [9.17, 15) is 9.59 Å². The summed E-state index contributed by atoms with van der Waals surface area (Å²) in [7, 11) is 1.72. The Hall–Kier alpha value is -1.88. The molecule has 1 aliphatic heterocycles. The third-order valence-corrected chi connectivity index (χ3v) is 6.53. The van der Waals surface area contributed by atoms with Crippen LogP contribution in [0.3, 0.4) is 0 Å². The average molecular weight is 356 g/mol. The van der Waals surface area contributed by atoms with Crippen LogP contribution in [0.2, 0.25) is 0 Å². The van der Waals surface area contributed by atoms with Crippen LogP contribution in [-0.4, -0.2) is 48.1 Å². The van der Waals surface area contributed by atoms with Crippen LogP contribution in [0.4, 0.5) is 0 Å². The second kappa shape index (κ2) is 6.38. The number of nitrogens with zero attached hydrogens (tertiary/aromatic N) is 1. The van der Waals surface area contributed by atoms with Gasteiger partial charge in [-0.2, -0.15) is 0 Å². The van der Waals surface area contributed by atoms with Gasteiger partial charge in [-0.3, -0.25) is 9.59 Å². The maximum Gasteiger partial charge on any atom is 0.254 e. The number of amides is 2. The molecule has 2 amide bonds. The highest BCUT2D eigenvalue weighted by Crippen LogP contribution is 2.52. The summed E-state index contributed by atoms with van der Waals surface area (Å²) in [5, 5.41) is 3.32. The van der Waals surface area contributed by atoms with Crippen molar-refractivity contribution < 1.29 is 14.3 Å². The van der Waals surface area contributed by atoms with E-state index in [-0.39, 0.29) is 23.3 Å². The van der Waals surface area contributed by atoms with Crippen molar-refractivity contribution in [3.05, 3.63) is 35.4 Å². The first-order valence-electron chi connectivity index (χ1n) is 9.72. The van der Waals surface area contributed by atoms with E-state index >= 15 is 0 Å². The first kappa shape index (κ1) is 17.5. The second-order valence-electron chi connectivity index (χ2n) is 8.28. The highest BCUT2D eigenvalue weighted by atomic mass is 16.5. The molecule has 2 saturated carbocycles. The molecule has 0 spiro atoms. The van der Waals surface area contributed by atoms with E-state index < -0.39 is 5.54 Å². The van der Waals surface area contributed by atoms with Crippen LogP contribution in [0.5, 0.6) is 0 Å². The fraction of sp³-hybridized carbons (Fsp3) is 0.619. The zero-order valence-electron chi connectivity index (χ0n) is 15.7. The number of methoxy groups -OCH3 is 1. The summed E-state index contributed by atoms with van der Waals surface area (Å²) in [5.41, 5.74) is 1.06. The van der Waals surface area contributed by atoms with Gasteiger partial charge in [0.1, 0.15) is 5.54 Å². The standard InChI is InChI=1S/C21H28N2O3/c1-15-6-5-9-17(12-15)19(25)23-13-20(14-23,21(26-2)10-11-21)22-18(24)16-7-3-4-8-16/h5-6,9,12,16H,3-4,7-8,10-11,13-14H2,1-2H3,(H,22,24). The van der Waals surface area contributed by atoms with E-state index in [0.717, 1.165) is 44.1 Å². The molecule has 0 aromatic heterocycles. The van der Waals surface area contributed by atoms with Gasteiger partial charge in [-0.15, -0.1) is 0 Å². The normalized spacial score (nSPS) is 23.4. The lowest BCUT2D eigenvalue weighted by molar-refractivity contribution is -0.136. The van der Waals surface area contributed by atoms with Crippen molar-refractivity contribution in [2.45, 2.75) is 56.6 Å². The zero-order valence-corrected chi connectivity index (χ0v) is 15.7. The Kier molecular flexibility index (Phi) is 4.30. The molecule has 0 unspecified atom stereocenters. The Labute approximate surface area is 155 Å². The summed E-state index contributed by atoms with van der Waals surface area (Å²) in [5.74, 6) is 0.306. The van der Waals surface area contributed by atoms with E-state index in [1.54, 1.807) is 7.11 Å². The highest BCUT2D eigenvalue weighted by Gasteiger charge is 2.66. The van der Waals surface area contributed by atoms with Gasteiger partial charge in [-0.1, -0.05) is 30.5 Å². The Morgan fingerprint density at radius 3 is 2.46 bits per heavy atom. The summed E-state index contributed by atoms with van der Waals surface area (Å²) in [4.78, 5) is 27.4. The number of carbonyl (C=O) groups is 2. The van der Waals surface area contributed by atoms with E-state index in [4.69, 9.17) is 4.74 Å². The van der Waals surface area contributed by atoms with Gasteiger partial charge in [0.2, 0.25) is 5.91 Å². The molecule has 1 heterocycles. The third kappa shape index (κ3) is 2.82. The van der Waals surface area contributed by atoms with Crippen molar-refractivity contribution in [2.24, 2.45) is 5.92 Å². The molecule has 1 saturated heterocycles. The molecule has 3 fully saturated rings. The van der Waals surface area contributed by atoms with Gasteiger partial charge >= 0.3 is 0 Å². The van der Waals surface area contributed by atoms with Crippen LogP contribution >= 0.6 is 0 Å². The van der Waals surface area contributed by atoms with Crippen LogP contribution in [0.25, 0.3) is 0 Å². The van der Waals surface area contributed by atoms with Gasteiger partial charge in [0.25, 0.3) is 5.91 Å².